The smallest absolute Gasteiger partial charge is 0.307 e. The Morgan fingerprint density at radius 2 is 1.58 bits per heavy atom. The number of aromatic hydroxyl groups is 2. The molecular weight excluding hydrogens is 436 g/mol. The van der Waals surface area contributed by atoms with E-state index >= 15 is 0 Å². The van der Waals surface area contributed by atoms with Crippen LogP contribution in [0.3, 0.4) is 0 Å². The summed E-state index contributed by atoms with van der Waals surface area (Å²) in [5.74, 6) is -0.916. The molecule has 3 N–H and O–H groups in total. The van der Waals surface area contributed by atoms with Gasteiger partial charge < -0.3 is 15.3 Å². The summed E-state index contributed by atoms with van der Waals surface area (Å²) in [4.78, 5) is 25.5. The van der Waals surface area contributed by atoms with Crippen LogP contribution >= 0.6 is 11.3 Å². The van der Waals surface area contributed by atoms with Gasteiger partial charge in [-0.1, -0.05) is 24.3 Å². The summed E-state index contributed by atoms with van der Waals surface area (Å²) in [6, 6.07) is 16.0. The Bertz CT molecular complexity index is 1410. The number of phenols is 2. The number of hydrogen-bond acceptors (Lipinski definition) is 5. The fourth-order valence-electron chi connectivity index (χ4n) is 4.68. The zero-order valence-electron chi connectivity index (χ0n) is 18.1. The predicted octanol–water partition coefficient (Wildman–Crippen LogP) is 6.02. The lowest BCUT2D eigenvalue weighted by molar-refractivity contribution is -0.138. The van der Waals surface area contributed by atoms with Crippen molar-refractivity contribution in [2.45, 2.75) is 26.2 Å². The van der Waals surface area contributed by atoms with Crippen molar-refractivity contribution in [2.24, 2.45) is 5.92 Å². The van der Waals surface area contributed by atoms with Crippen LogP contribution < -0.4 is 0 Å². The molecule has 1 heterocycles. The van der Waals surface area contributed by atoms with E-state index in [0.29, 0.717) is 28.0 Å². The monoisotopic (exact) mass is 458 g/mol. The first kappa shape index (κ1) is 21.2. The van der Waals surface area contributed by atoms with Gasteiger partial charge in [0.05, 0.1) is 10.8 Å². The van der Waals surface area contributed by atoms with Crippen LogP contribution in [0.1, 0.15) is 44.3 Å². The number of benzene rings is 3. The van der Waals surface area contributed by atoms with Gasteiger partial charge in [0.2, 0.25) is 5.78 Å². The summed E-state index contributed by atoms with van der Waals surface area (Å²) in [6.07, 6.45) is 0.651. The molecule has 0 saturated heterocycles. The van der Waals surface area contributed by atoms with E-state index in [0.717, 1.165) is 26.8 Å². The molecule has 1 aliphatic rings. The van der Waals surface area contributed by atoms with E-state index in [4.69, 9.17) is 0 Å². The van der Waals surface area contributed by atoms with Crippen LogP contribution in [0, 0.1) is 19.8 Å². The van der Waals surface area contributed by atoms with Crippen LogP contribution in [0.4, 0.5) is 0 Å². The Morgan fingerprint density at radius 1 is 0.909 bits per heavy atom. The molecule has 0 aliphatic heterocycles. The van der Waals surface area contributed by atoms with Crippen molar-refractivity contribution in [1.29, 1.82) is 0 Å². The first-order valence-electron chi connectivity index (χ1n) is 10.7. The van der Waals surface area contributed by atoms with Gasteiger partial charge in [0.1, 0.15) is 11.5 Å². The Hall–Kier alpha value is -3.64. The number of carboxylic acid groups (broad SMARTS) is 1. The van der Waals surface area contributed by atoms with Crippen molar-refractivity contribution in [3.63, 3.8) is 0 Å². The Balaban J connectivity index is 1.64. The van der Waals surface area contributed by atoms with E-state index in [9.17, 15) is 24.9 Å². The molecule has 5 rings (SSSR count). The molecular formula is C27H22O5S. The van der Waals surface area contributed by atoms with Crippen molar-refractivity contribution in [1.82, 2.24) is 0 Å². The molecule has 0 spiro atoms. The molecule has 6 heteroatoms. The average molecular weight is 459 g/mol. The molecule has 0 amide bonds. The molecule has 3 aromatic carbocycles. The third-order valence-electron chi connectivity index (χ3n) is 6.36. The molecule has 0 bridgehead atoms. The topological polar surface area (TPSA) is 94.8 Å². The molecule has 1 aromatic heterocycles. The summed E-state index contributed by atoms with van der Waals surface area (Å²) in [7, 11) is 0. The van der Waals surface area contributed by atoms with Gasteiger partial charge in [-0.2, -0.15) is 0 Å². The second-order valence-electron chi connectivity index (χ2n) is 8.68. The normalized spacial score (nSPS) is 17.3. The minimum absolute atomic E-state index is 0.0381. The van der Waals surface area contributed by atoms with Crippen molar-refractivity contribution in [3.8, 4) is 22.6 Å². The molecule has 1 saturated carbocycles. The minimum Gasteiger partial charge on any atom is -0.508 e. The third-order valence-corrected chi connectivity index (χ3v) is 7.51. The molecule has 1 aliphatic carbocycles. The Labute approximate surface area is 194 Å². The average Bonchev–Trinajstić information content (AvgIpc) is 3.47. The van der Waals surface area contributed by atoms with Crippen molar-refractivity contribution >= 4 is 33.2 Å². The van der Waals surface area contributed by atoms with Gasteiger partial charge in [-0.25, -0.2) is 0 Å². The quantitative estimate of drug-likeness (QED) is 0.318. The van der Waals surface area contributed by atoms with Crippen molar-refractivity contribution in [3.05, 3.63) is 81.7 Å². The van der Waals surface area contributed by atoms with Gasteiger partial charge in [0, 0.05) is 21.2 Å². The predicted molar refractivity (Wildman–Crippen MR) is 128 cm³/mol. The largest absolute Gasteiger partial charge is 0.508 e. The number of thiophene rings is 1. The lowest BCUT2D eigenvalue weighted by Gasteiger charge is -2.11. The number of rotatable bonds is 5. The van der Waals surface area contributed by atoms with Crippen LogP contribution in [0.25, 0.3) is 21.2 Å². The zero-order chi connectivity index (χ0) is 23.4. The van der Waals surface area contributed by atoms with Gasteiger partial charge in [0.25, 0.3) is 0 Å². The highest BCUT2D eigenvalue weighted by Crippen LogP contribution is 2.48. The molecule has 4 aromatic rings. The first-order valence-corrected chi connectivity index (χ1v) is 11.5. The fourth-order valence-corrected chi connectivity index (χ4v) is 5.88. The summed E-state index contributed by atoms with van der Waals surface area (Å²) in [5.41, 5.74) is 4.61. The lowest BCUT2D eigenvalue weighted by atomic mass is 9.93. The number of carboxylic acids is 1. The van der Waals surface area contributed by atoms with Gasteiger partial charge in [-0.15, -0.1) is 11.3 Å². The van der Waals surface area contributed by atoms with Crippen LogP contribution in [0.2, 0.25) is 0 Å². The maximum atomic E-state index is 13.8. The fraction of sp³-hybridized carbons (Fsp3) is 0.185. The Kier molecular flexibility index (Phi) is 4.98. The maximum absolute atomic E-state index is 13.8. The van der Waals surface area contributed by atoms with E-state index in [1.807, 2.05) is 44.2 Å². The number of aryl methyl sites for hydroxylation is 2. The van der Waals surface area contributed by atoms with Crippen LogP contribution in [-0.4, -0.2) is 27.1 Å². The van der Waals surface area contributed by atoms with E-state index in [-0.39, 0.29) is 29.1 Å². The minimum atomic E-state index is -0.764. The number of carbonyl (C=O) groups is 2. The van der Waals surface area contributed by atoms with Gasteiger partial charge >= 0.3 is 5.97 Å². The molecule has 1 fully saturated rings. The van der Waals surface area contributed by atoms with E-state index in [1.165, 1.54) is 11.3 Å². The number of phenolic OH excluding ortho intramolecular Hbond substituents is 2. The number of fused-ring (bicyclic) bond motifs is 1. The maximum Gasteiger partial charge on any atom is 0.307 e. The molecule has 166 valence electrons. The zero-order valence-corrected chi connectivity index (χ0v) is 18.9. The highest BCUT2D eigenvalue weighted by atomic mass is 32.1. The molecule has 5 nitrogen and oxygen atoms in total. The first-order chi connectivity index (χ1) is 15.7. The van der Waals surface area contributed by atoms with Crippen molar-refractivity contribution < 1.29 is 24.9 Å². The van der Waals surface area contributed by atoms with Gasteiger partial charge in [-0.3, -0.25) is 9.59 Å². The van der Waals surface area contributed by atoms with Crippen LogP contribution in [-0.2, 0) is 4.79 Å². The standard InChI is InChI=1S/C27H22O5S/c1-13-9-18(29)10-14(2)23(13)25(30)26-24(19-8-7-17(28)11-22(19)33-26)16-5-3-15(4-6-16)20-12-21(20)27(31)32/h3-11,20-21,28-29H,12H2,1-2H3,(H,31,32). The Morgan fingerprint density at radius 3 is 2.18 bits per heavy atom. The number of carbonyl (C=O) groups excluding carboxylic acids is 1. The van der Waals surface area contributed by atoms with E-state index < -0.39 is 5.97 Å². The van der Waals surface area contributed by atoms with E-state index in [2.05, 4.69) is 0 Å². The highest BCUT2D eigenvalue weighted by molar-refractivity contribution is 7.21. The van der Waals surface area contributed by atoms with Gasteiger partial charge in [-0.05, 0) is 78.8 Å². The van der Waals surface area contributed by atoms with E-state index in [1.54, 1.807) is 24.3 Å². The highest BCUT2D eigenvalue weighted by Gasteiger charge is 2.44. The third kappa shape index (κ3) is 3.66. The second kappa shape index (κ2) is 7.74. The molecule has 0 radical (unpaired) electrons. The number of aliphatic carboxylic acids is 1. The van der Waals surface area contributed by atoms with Crippen molar-refractivity contribution in [2.75, 3.05) is 0 Å². The summed E-state index contributed by atoms with van der Waals surface area (Å²) in [6.45, 7) is 3.62. The van der Waals surface area contributed by atoms with Crippen LogP contribution in [0.5, 0.6) is 11.5 Å². The molecule has 2 atom stereocenters. The lowest BCUT2D eigenvalue weighted by Crippen LogP contribution is -2.06. The molecule has 33 heavy (non-hydrogen) atoms. The second-order valence-corrected chi connectivity index (χ2v) is 9.73. The summed E-state index contributed by atoms with van der Waals surface area (Å²) < 4.78 is 0.805. The summed E-state index contributed by atoms with van der Waals surface area (Å²) in [5, 5.41) is 30.0. The number of hydrogen-bond donors (Lipinski definition) is 3. The van der Waals surface area contributed by atoms with Gasteiger partial charge in [0.15, 0.2) is 0 Å². The SMILES string of the molecule is Cc1cc(O)cc(C)c1C(=O)c1sc2cc(O)ccc2c1-c1ccc(C2CC2C(=O)O)cc1. The van der Waals surface area contributed by atoms with Crippen LogP contribution in [0.15, 0.2) is 54.6 Å². The molecule has 2 unspecified atom stereocenters. The summed E-state index contributed by atoms with van der Waals surface area (Å²) >= 11 is 1.33. The number of ketones is 1.